The van der Waals surface area contributed by atoms with E-state index < -0.39 is 0 Å². The summed E-state index contributed by atoms with van der Waals surface area (Å²) in [5, 5.41) is 0. The molecule has 20 heavy (non-hydrogen) atoms. The van der Waals surface area contributed by atoms with Crippen LogP contribution >= 0.6 is 0 Å². The van der Waals surface area contributed by atoms with Crippen molar-refractivity contribution in [3.05, 3.63) is 77.7 Å². The van der Waals surface area contributed by atoms with Gasteiger partial charge < -0.3 is 4.98 Å². The molecule has 0 aliphatic carbocycles. The molecule has 0 atom stereocenters. The van der Waals surface area contributed by atoms with Gasteiger partial charge in [0.25, 0.3) is 0 Å². The zero-order valence-corrected chi connectivity index (χ0v) is 10.9. The highest BCUT2D eigenvalue weighted by molar-refractivity contribution is 5.79. The van der Waals surface area contributed by atoms with Crippen molar-refractivity contribution >= 4 is 6.20 Å². The summed E-state index contributed by atoms with van der Waals surface area (Å²) in [5.74, 6) is 0. The Kier molecular flexibility index (Phi) is 3.09. The molecule has 0 saturated carbocycles. The summed E-state index contributed by atoms with van der Waals surface area (Å²) in [5.41, 5.74) is 3.41. The van der Waals surface area contributed by atoms with Gasteiger partial charge in [-0.15, -0.1) is 0 Å². The topological polar surface area (TPSA) is 37.8 Å². The zero-order chi connectivity index (χ0) is 13.9. The first kappa shape index (κ1) is 12.2. The van der Waals surface area contributed by atoms with Crippen LogP contribution in [0.25, 0.3) is 28.7 Å². The van der Waals surface area contributed by atoms with Crippen LogP contribution in [0.5, 0.6) is 0 Å². The van der Waals surface area contributed by atoms with Gasteiger partial charge in [-0.3, -0.25) is 4.57 Å². The fourth-order valence-corrected chi connectivity index (χ4v) is 2.32. The molecule has 0 spiro atoms. The van der Waals surface area contributed by atoms with Gasteiger partial charge in [0, 0.05) is 17.3 Å². The molecule has 0 fully saturated rings. The zero-order valence-electron chi connectivity index (χ0n) is 10.9. The second kappa shape index (κ2) is 5.05. The second-order valence-electron chi connectivity index (χ2n) is 4.44. The fraction of sp³-hybridized carbons (Fsp3) is 0. The highest BCUT2D eigenvalue weighted by Crippen LogP contribution is 2.29. The van der Waals surface area contributed by atoms with Crippen molar-refractivity contribution < 1.29 is 0 Å². The second-order valence-corrected chi connectivity index (χ2v) is 4.44. The molecular formula is C17H14N2O. The number of nitrogens with one attached hydrogen (secondary N) is 1. The van der Waals surface area contributed by atoms with E-state index in [1.54, 1.807) is 0 Å². The van der Waals surface area contributed by atoms with E-state index in [-0.39, 0.29) is 5.69 Å². The number of nitrogens with zero attached hydrogens (tertiary/aromatic N) is 1. The molecule has 3 aromatic rings. The summed E-state index contributed by atoms with van der Waals surface area (Å²) in [4.78, 5) is 15.0. The summed E-state index contributed by atoms with van der Waals surface area (Å²) in [7, 11) is 0. The predicted octanol–water partition coefficient (Wildman–Crippen LogP) is 3.61. The summed E-state index contributed by atoms with van der Waals surface area (Å²) in [6.07, 6.45) is 1.54. The molecular weight excluding hydrogens is 248 g/mol. The van der Waals surface area contributed by atoms with E-state index in [1.165, 1.54) is 10.8 Å². The standard InChI is InChI=1S/C17H14N2O/c1-2-19-16(14-11-7-4-8-12-14)15(18-17(19)20)13-9-5-3-6-10-13/h2-12H,1H2,(H,18,20). The van der Waals surface area contributed by atoms with Crippen molar-refractivity contribution in [3.63, 3.8) is 0 Å². The Morgan fingerprint density at radius 3 is 2.00 bits per heavy atom. The van der Waals surface area contributed by atoms with Gasteiger partial charge in [-0.2, -0.15) is 0 Å². The van der Waals surface area contributed by atoms with Crippen LogP contribution in [-0.2, 0) is 0 Å². The Balaban J connectivity index is 2.32. The van der Waals surface area contributed by atoms with E-state index in [0.717, 1.165) is 22.5 Å². The molecule has 1 N–H and O–H groups in total. The Morgan fingerprint density at radius 1 is 0.900 bits per heavy atom. The van der Waals surface area contributed by atoms with Gasteiger partial charge in [-0.05, 0) is 0 Å². The van der Waals surface area contributed by atoms with Gasteiger partial charge in [0.15, 0.2) is 0 Å². The van der Waals surface area contributed by atoms with E-state index >= 15 is 0 Å². The maximum absolute atomic E-state index is 12.1. The number of H-pyrrole nitrogens is 1. The SMILES string of the molecule is C=Cn1c(-c2ccccc2)c(-c2ccccc2)[nH]c1=O. The van der Waals surface area contributed by atoms with Crippen molar-refractivity contribution in [1.82, 2.24) is 9.55 Å². The van der Waals surface area contributed by atoms with Crippen LogP contribution < -0.4 is 5.69 Å². The molecule has 0 amide bonds. The average molecular weight is 262 g/mol. The number of rotatable bonds is 3. The lowest BCUT2D eigenvalue weighted by Gasteiger charge is -2.06. The summed E-state index contributed by atoms with van der Waals surface area (Å²) < 4.78 is 1.54. The monoisotopic (exact) mass is 262 g/mol. The van der Waals surface area contributed by atoms with Gasteiger partial charge in [-0.25, -0.2) is 4.79 Å². The van der Waals surface area contributed by atoms with Gasteiger partial charge >= 0.3 is 5.69 Å². The number of benzene rings is 2. The third-order valence-corrected chi connectivity index (χ3v) is 3.22. The minimum absolute atomic E-state index is 0.183. The largest absolute Gasteiger partial charge is 0.330 e. The molecule has 3 rings (SSSR count). The molecule has 0 saturated heterocycles. The smallest absolute Gasteiger partial charge is 0.305 e. The van der Waals surface area contributed by atoms with E-state index in [4.69, 9.17) is 0 Å². The Labute approximate surface area is 116 Å². The lowest BCUT2D eigenvalue weighted by molar-refractivity contribution is 1.06. The first-order chi connectivity index (χ1) is 9.81. The number of hydrogen-bond donors (Lipinski definition) is 1. The van der Waals surface area contributed by atoms with Gasteiger partial charge in [0.05, 0.1) is 11.4 Å². The highest BCUT2D eigenvalue weighted by atomic mass is 16.1. The number of aromatic nitrogens is 2. The van der Waals surface area contributed by atoms with Gasteiger partial charge in [0.2, 0.25) is 0 Å². The maximum atomic E-state index is 12.1. The van der Waals surface area contributed by atoms with E-state index in [0.29, 0.717) is 0 Å². The lowest BCUT2D eigenvalue weighted by atomic mass is 10.0. The van der Waals surface area contributed by atoms with E-state index in [2.05, 4.69) is 11.6 Å². The Hall–Kier alpha value is -2.81. The first-order valence-corrected chi connectivity index (χ1v) is 6.39. The normalized spacial score (nSPS) is 10.4. The number of imidazole rings is 1. The van der Waals surface area contributed by atoms with Crippen molar-refractivity contribution in [3.8, 4) is 22.5 Å². The molecule has 1 aromatic heterocycles. The number of aromatic amines is 1. The third kappa shape index (κ3) is 1.99. The summed E-state index contributed by atoms with van der Waals surface area (Å²) in [6, 6.07) is 19.6. The van der Waals surface area contributed by atoms with Crippen LogP contribution in [0.4, 0.5) is 0 Å². The Bertz CT molecular complexity index is 783. The molecule has 2 aromatic carbocycles. The maximum Gasteiger partial charge on any atom is 0.330 e. The van der Waals surface area contributed by atoms with Crippen molar-refractivity contribution in [2.75, 3.05) is 0 Å². The minimum Gasteiger partial charge on any atom is -0.305 e. The molecule has 3 nitrogen and oxygen atoms in total. The lowest BCUT2D eigenvalue weighted by Crippen LogP contribution is -2.11. The predicted molar refractivity (Wildman–Crippen MR) is 82.3 cm³/mol. The molecule has 98 valence electrons. The Morgan fingerprint density at radius 2 is 1.45 bits per heavy atom. The van der Waals surface area contributed by atoms with Crippen LogP contribution in [0.2, 0.25) is 0 Å². The molecule has 3 heteroatoms. The average Bonchev–Trinajstić information content (AvgIpc) is 2.85. The van der Waals surface area contributed by atoms with E-state index in [9.17, 15) is 4.79 Å². The van der Waals surface area contributed by atoms with Gasteiger partial charge in [-0.1, -0.05) is 67.2 Å². The van der Waals surface area contributed by atoms with Crippen molar-refractivity contribution in [2.45, 2.75) is 0 Å². The third-order valence-electron chi connectivity index (χ3n) is 3.22. The summed E-state index contributed by atoms with van der Waals surface area (Å²) in [6.45, 7) is 3.73. The quantitative estimate of drug-likeness (QED) is 0.769. The number of hydrogen-bond acceptors (Lipinski definition) is 1. The van der Waals surface area contributed by atoms with Crippen LogP contribution in [0.15, 0.2) is 72.0 Å². The highest BCUT2D eigenvalue weighted by Gasteiger charge is 2.15. The molecule has 1 heterocycles. The van der Waals surface area contributed by atoms with Crippen LogP contribution in [0.3, 0.4) is 0 Å². The van der Waals surface area contributed by atoms with Crippen molar-refractivity contribution in [1.29, 1.82) is 0 Å². The van der Waals surface area contributed by atoms with Gasteiger partial charge in [0.1, 0.15) is 0 Å². The first-order valence-electron chi connectivity index (χ1n) is 6.39. The minimum atomic E-state index is -0.183. The molecule has 0 bridgehead atoms. The van der Waals surface area contributed by atoms with E-state index in [1.807, 2.05) is 60.7 Å². The fourth-order valence-electron chi connectivity index (χ4n) is 2.32. The van der Waals surface area contributed by atoms with Crippen LogP contribution in [0.1, 0.15) is 0 Å². The molecule has 0 unspecified atom stereocenters. The molecule has 0 aliphatic heterocycles. The molecule has 0 aliphatic rings. The van der Waals surface area contributed by atoms with Crippen molar-refractivity contribution in [2.24, 2.45) is 0 Å². The summed E-state index contributed by atoms with van der Waals surface area (Å²) >= 11 is 0. The molecule has 0 radical (unpaired) electrons. The van der Waals surface area contributed by atoms with Crippen LogP contribution in [0, 0.1) is 0 Å². The van der Waals surface area contributed by atoms with Crippen LogP contribution in [-0.4, -0.2) is 9.55 Å².